The molecule has 1 N–H and O–H groups in total. The van der Waals surface area contributed by atoms with Gasteiger partial charge in [-0.25, -0.2) is 9.78 Å². The Bertz CT molecular complexity index is 1290. The quantitative estimate of drug-likeness (QED) is 0.129. The summed E-state index contributed by atoms with van der Waals surface area (Å²) in [5.74, 6) is -0.0551. The van der Waals surface area contributed by atoms with Crippen LogP contribution >= 0.6 is 46.1 Å². The number of halogens is 3. The van der Waals surface area contributed by atoms with Crippen LogP contribution in [-0.2, 0) is 0 Å². The van der Waals surface area contributed by atoms with Gasteiger partial charge in [0, 0.05) is 21.0 Å². The van der Waals surface area contributed by atoms with E-state index in [1.807, 2.05) is 11.4 Å². The predicted octanol–water partition coefficient (Wildman–Crippen LogP) is 7.44. The van der Waals surface area contributed by atoms with Crippen molar-refractivity contribution in [2.75, 3.05) is 5.43 Å². The van der Waals surface area contributed by atoms with Crippen molar-refractivity contribution >= 4 is 63.5 Å². The van der Waals surface area contributed by atoms with Gasteiger partial charge in [-0.3, -0.25) is 5.43 Å². The Hall–Kier alpha value is -2.90. The van der Waals surface area contributed by atoms with Gasteiger partial charge in [-0.1, -0.05) is 40.9 Å². The Balaban J connectivity index is 1.35. The van der Waals surface area contributed by atoms with Crippen molar-refractivity contribution in [3.63, 3.8) is 0 Å². The zero-order chi connectivity index (χ0) is 22.5. The first-order valence-electron chi connectivity index (χ1n) is 9.26. The fourth-order valence-corrected chi connectivity index (χ4v) is 4.07. The van der Waals surface area contributed by atoms with Crippen molar-refractivity contribution in [2.45, 2.75) is 0 Å². The number of thiazole rings is 1. The molecule has 5 nitrogen and oxygen atoms in total. The number of ether oxygens (including phenoxy) is 1. The lowest BCUT2D eigenvalue weighted by molar-refractivity contribution is 0.0735. The highest BCUT2D eigenvalue weighted by Crippen LogP contribution is 2.32. The number of esters is 1. The van der Waals surface area contributed by atoms with Crippen molar-refractivity contribution in [3.8, 4) is 17.0 Å². The zero-order valence-electron chi connectivity index (χ0n) is 16.3. The summed E-state index contributed by atoms with van der Waals surface area (Å²) in [5, 5.41) is 8.29. The molecule has 0 aliphatic carbocycles. The van der Waals surface area contributed by atoms with Gasteiger partial charge in [-0.05, 0) is 66.2 Å². The van der Waals surface area contributed by atoms with Crippen LogP contribution in [0.25, 0.3) is 11.3 Å². The highest BCUT2D eigenvalue weighted by Gasteiger charge is 2.10. The number of hydrogen-bond acceptors (Lipinski definition) is 6. The minimum absolute atomic E-state index is 0.384. The van der Waals surface area contributed by atoms with Gasteiger partial charge in [-0.2, -0.15) is 5.10 Å². The van der Waals surface area contributed by atoms with Crippen LogP contribution in [0.1, 0.15) is 15.9 Å². The summed E-state index contributed by atoms with van der Waals surface area (Å²) >= 11 is 19.5. The van der Waals surface area contributed by atoms with Crippen LogP contribution in [0.4, 0.5) is 5.13 Å². The molecule has 4 aromatic rings. The van der Waals surface area contributed by atoms with Gasteiger partial charge in [0.25, 0.3) is 0 Å². The van der Waals surface area contributed by atoms with E-state index in [9.17, 15) is 4.79 Å². The molecule has 9 heteroatoms. The Kier molecular flexibility index (Phi) is 7.07. The van der Waals surface area contributed by atoms with E-state index in [1.165, 1.54) is 11.3 Å². The number of aromatic nitrogens is 1. The number of nitrogens with one attached hydrogen (secondary N) is 1. The molecular weight excluding hydrogens is 489 g/mol. The number of carbonyl (C=O) groups excluding carboxylic acids is 1. The summed E-state index contributed by atoms with van der Waals surface area (Å²) < 4.78 is 5.36. The first kappa shape index (κ1) is 22.3. The molecule has 0 spiro atoms. The molecule has 0 saturated carbocycles. The smallest absolute Gasteiger partial charge is 0.343 e. The molecular formula is C23H14Cl3N3O2S. The third-order valence-corrected chi connectivity index (χ3v) is 5.77. The van der Waals surface area contributed by atoms with Crippen molar-refractivity contribution in [1.29, 1.82) is 0 Å². The lowest BCUT2D eigenvalue weighted by Gasteiger charge is -2.05. The van der Waals surface area contributed by atoms with Gasteiger partial charge in [0.1, 0.15) is 5.75 Å². The van der Waals surface area contributed by atoms with E-state index in [0.717, 1.165) is 16.8 Å². The van der Waals surface area contributed by atoms with Gasteiger partial charge in [0.05, 0.1) is 22.5 Å². The monoisotopic (exact) mass is 501 g/mol. The van der Waals surface area contributed by atoms with Gasteiger partial charge < -0.3 is 4.74 Å². The Morgan fingerprint density at radius 3 is 2.53 bits per heavy atom. The SMILES string of the molecule is O=C(Oc1ccc(/C=N\Nc2nc(-c3ccc(Cl)cc3Cl)cs2)cc1)c1cccc(Cl)c1. The summed E-state index contributed by atoms with van der Waals surface area (Å²) in [6.45, 7) is 0. The standard InChI is InChI=1S/C23H14Cl3N3O2S/c24-16-3-1-2-15(10-16)22(30)31-18-7-4-14(5-8-18)12-27-29-23-28-21(13-32-23)19-9-6-17(25)11-20(19)26/h1-13H,(H,28,29)/b27-12-. The lowest BCUT2D eigenvalue weighted by Crippen LogP contribution is -2.08. The molecule has 4 rings (SSSR count). The molecule has 1 heterocycles. The Morgan fingerprint density at radius 2 is 1.78 bits per heavy atom. The fourth-order valence-electron chi connectivity index (χ4n) is 2.71. The normalized spacial score (nSPS) is 11.0. The minimum atomic E-state index is -0.476. The minimum Gasteiger partial charge on any atom is -0.423 e. The lowest BCUT2D eigenvalue weighted by atomic mass is 10.2. The van der Waals surface area contributed by atoms with E-state index < -0.39 is 5.97 Å². The number of anilines is 1. The van der Waals surface area contributed by atoms with Crippen molar-refractivity contribution in [3.05, 3.63) is 98.3 Å². The molecule has 0 unspecified atom stereocenters. The number of rotatable bonds is 6. The molecule has 160 valence electrons. The summed E-state index contributed by atoms with van der Waals surface area (Å²) in [6, 6.07) is 18.8. The number of carbonyl (C=O) groups is 1. The highest BCUT2D eigenvalue weighted by molar-refractivity contribution is 7.14. The van der Waals surface area contributed by atoms with E-state index in [1.54, 1.807) is 66.9 Å². The van der Waals surface area contributed by atoms with Crippen molar-refractivity contribution < 1.29 is 9.53 Å². The summed E-state index contributed by atoms with van der Waals surface area (Å²) in [5.41, 5.74) is 5.63. The second-order valence-electron chi connectivity index (χ2n) is 6.50. The largest absolute Gasteiger partial charge is 0.423 e. The maximum absolute atomic E-state index is 12.2. The second-order valence-corrected chi connectivity index (χ2v) is 8.64. The van der Waals surface area contributed by atoms with Crippen LogP contribution in [0.2, 0.25) is 15.1 Å². The molecule has 0 aliphatic heterocycles. The zero-order valence-corrected chi connectivity index (χ0v) is 19.3. The van der Waals surface area contributed by atoms with Crippen LogP contribution in [-0.4, -0.2) is 17.2 Å². The Labute approximate surface area is 203 Å². The molecule has 0 fully saturated rings. The Morgan fingerprint density at radius 1 is 1.00 bits per heavy atom. The summed E-state index contributed by atoms with van der Waals surface area (Å²) in [4.78, 5) is 16.7. The van der Waals surface area contributed by atoms with Gasteiger partial charge in [0.15, 0.2) is 0 Å². The van der Waals surface area contributed by atoms with Crippen molar-refractivity contribution in [2.24, 2.45) is 5.10 Å². The first-order valence-corrected chi connectivity index (χ1v) is 11.3. The first-order chi connectivity index (χ1) is 15.5. The van der Waals surface area contributed by atoms with Crippen LogP contribution in [0, 0.1) is 0 Å². The second kappa shape index (κ2) is 10.1. The number of nitrogens with zero attached hydrogens (tertiary/aromatic N) is 2. The van der Waals surface area contributed by atoms with Crippen LogP contribution < -0.4 is 10.2 Å². The molecule has 0 aliphatic rings. The fraction of sp³-hybridized carbons (Fsp3) is 0. The third kappa shape index (κ3) is 5.66. The van der Waals surface area contributed by atoms with Gasteiger partial charge in [0.2, 0.25) is 5.13 Å². The van der Waals surface area contributed by atoms with E-state index in [2.05, 4.69) is 15.5 Å². The predicted molar refractivity (Wildman–Crippen MR) is 132 cm³/mol. The maximum Gasteiger partial charge on any atom is 0.343 e. The topological polar surface area (TPSA) is 63.6 Å². The summed E-state index contributed by atoms with van der Waals surface area (Å²) in [7, 11) is 0. The summed E-state index contributed by atoms with van der Waals surface area (Å²) in [6.07, 6.45) is 1.64. The number of hydrazone groups is 1. The van der Waals surface area contributed by atoms with Crippen LogP contribution in [0.15, 0.2) is 77.2 Å². The highest BCUT2D eigenvalue weighted by atomic mass is 35.5. The molecule has 1 aromatic heterocycles. The molecule has 0 saturated heterocycles. The van der Waals surface area contributed by atoms with Crippen LogP contribution in [0.5, 0.6) is 5.75 Å². The van der Waals surface area contributed by atoms with E-state index in [0.29, 0.717) is 31.5 Å². The van der Waals surface area contributed by atoms with E-state index >= 15 is 0 Å². The molecule has 32 heavy (non-hydrogen) atoms. The van der Waals surface area contributed by atoms with E-state index in [4.69, 9.17) is 39.5 Å². The average Bonchev–Trinajstić information content (AvgIpc) is 3.23. The van der Waals surface area contributed by atoms with Crippen LogP contribution in [0.3, 0.4) is 0 Å². The third-order valence-electron chi connectivity index (χ3n) is 4.24. The van der Waals surface area contributed by atoms with Crippen molar-refractivity contribution in [1.82, 2.24) is 4.98 Å². The number of hydrogen-bond donors (Lipinski definition) is 1. The molecule has 0 amide bonds. The molecule has 0 bridgehead atoms. The average molecular weight is 503 g/mol. The number of benzene rings is 3. The molecule has 0 atom stereocenters. The van der Waals surface area contributed by atoms with Gasteiger partial charge in [-0.15, -0.1) is 11.3 Å². The molecule has 3 aromatic carbocycles. The molecule has 0 radical (unpaired) electrons. The maximum atomic E-state index is 12.2. The van der Waals surface area contributed by atoms with E-state index in [-0.39, 0.29) is 0 Å². The van der Waals surface area contributed by atoms with Gasteiger partial charge >= 0.3 is 5.97 Å².